The van der Waals surface area contributed by atoms with Gasteiger partial charge >= 0.3 is 6.09 Å². The molecule has 1 aromatic carbocycles. The number of hydrogen-bond donors (Lipinski definition) is 2. The number of likely N-dealkylation sites (N-methyl/N-ethyl adjacent to an activating group) is 1. The summed E-state index contributed by atoms with van der Waals surface area (Å²) in [6, 6.07) is 9.93. The maximum absolute atomic E-state index is 11.9. The molecule has 1 aliphatic rings. The number of pyridine rings is 1. The van der Waals surface area contributed by atoms with Gasteiger partial charge < -0.3 is 19.5 Å². The number of carbonyl (C=O) groups is 1. The molecule has 0 bridgehead atoms. The van der Waals surface area contributed by atoms with Gasteiger partial charge in [0.1, 0.15) is 12.1 Å². The summed E-state index contributed by atoms with van der Waals surface area (Å²) in [5.74, 6) is 1.20. The fourth-order valence-electron chi connectivity index (χ4n) is 4.04. The molecule has 2 N–H and O–H groups in total. The highest BCUT2D eigenvalue weighted by atomic mass is 16.5. The van der Waals surface area contributed by atoms with Gasteiger partial charge in [-0.25, -0.2) is 19.7 Å². The Hall–Kier alpha value is -4.05. The lowest BCUT2D eigenvalue weighted by Crippen LogP contribution is -2.44. The molecule has 0 unspecified atom stereocenters. The number of nitrogens with one attached hydrogen (secondary N) is 2. The van der Waals surface area contributed by atoms with Crippen LogP contribution >= 0.6 is 0 Å². The van der Waals surface area contributed by atoms with Crippen LogP contribution in [0, 0.1) is 0 Å². The van der Waals surface area contributed by atoms with Crippen LogP contribution in [0.15, 0.2) is 49.1 Å². The number of amides is 1. The minimum absolute atomic E-state index is 0.276. The summed E-state index contributed by atoms with van der Waals surface area (Å²) in [5, 5.41) is 2.65. The number of H-pyrrole nitrogens is 1. The van der Waals surface area contributed by atoms with E-state index in [1.54, 1.807) is 19.4 Å². The molecule has 1 fully saturated rings. The predicted molar refractivity (Wildman–Crippen MR) is 131 cm³/mol. The average molecular weight is 459 g/mol. The summed E-state index contributed by atoms with van der Waals surface area (Å²) < 4.78 is 4.99. The number of anilines is 2. The Morgan fingerprint density at radius 2 is 2.00 bits per heavy atom. The molecule has 0 saturated carbocycles. The minimum Gasteiger partial charge on any atom is -0.450 e. The highest BCUT2D eigenvalue weighted by molar-refractivity contribution is 5.97. The molecule has 1 saturated heterocycles. The van der Waals surface area contributed by atoms with Gasteiger partial charge in [0.05, 0.1) is 23.3 Å². The van der Waals surface area contributed by atoms with E-state index in [1.165, 1.54) is 0 Å². The number of ether oxygens (including phenoxy) is 1. The zero-order chi connectivity index (χ0) is 23.5. The third-order valence-corrected chi connectivity index (χ3v) is 5.83. The minimum atomic E-state index is -0.560. The number of nitrogens with zero attached hydrogens (tertiary/aromatic N) is 6. The molecule has 1 amide bonds. The van der Waals surface area contributed by atoms with E-state index in [1.807, 2.05) is 36.5 Å². The number of aromatic amines is 1. The van der Waals surface area contributed by atoms with Crippen LogP contribution in [0.2, 0.25) is 0 Å². The lowest BCUT2D eigenvalue weighted by molar-refractivity contribution is 0.167. The normalized spacial score (nSPS) is 14.4. The molecule has 4 heterocycles. The van der Waals surface area contributed by atoms with Crippen molar-refractivity contribution in [2.75, 3.05) is 50.1 Å². The van der Waals surface area contributed by atoms with Crippen LogP contribution in [0.5, 0.6) is 0 Å². The van der Waals surface area contributed by atoms with Crippen molar-refractivity contribution in [3.8, 4) is 22.4 Å². The molecule has 0 radical (unpaired) electrons. The number of imidazole rings is 1. The van der Waals surface area contributed by atoms with Gasteiger partial charge in [-0.2, -0.15) is 0 Å². The highest BCUT2D eigenvalue weighted by Crippen LogP contribution is 2.33. The van der Waals surface area contributed by atoms with Crippen LogP contribution in [0.1, 0.15) is 6.92 Å². The predicted octanol–water partition coefficient (Wildman–Crippen LogP) is 3.40. The molecule has 10 heteroatoms. The first-order chi connectivity index (χ1) is 16.6. The second-order valence-electron chi connectivity index (χ2n) is 8.14. The second-order valence-corrected chi connectivity index (χ2v) is 8.14. The first-order valence-corrected chi connectivity index (χ1v) is 11.2. The summed E-state index contributed by atoms with van der Waals surface area (Å²) in [4.78, 5) is 37.7. The maximum atomic E-state index is 11.9. The van der Waals surface area contributed by atoms with Gasteiger partial charge in [0.2, 0.25) is 5.95 Å². The number of benzene rings is 1. The molecular formula is C24H26N8O2. The Bertz CT molecular complexity index is 1300. The number of hydrogen-bond acceptors (Lipinski definition) is 8. The average Bonchev–Trinajstić information content (AvgIpc) is 3.27. The molecular weight excluding hydrogens is 432 g/mol. The van der Waals surface area contributed by atoms with Crippen molar-refractivity contribution < 1.29 is 9.53 Å². The van der Waals surface area contributed by atoms with Gasteiger partial charge in [0, 0.05) is 55.8 Å². The van der Waals surface area contributed by atoms with E-state index in [-0.39, 0.29) is 6.61 Å². The summed E-state index contributed by atoms with van der Waals surface area (Å²) in [6.45, 7) is 5.83. The van der Waals surface area contributed by atoms with Crippen molar-refractivity contribution >= 4 is 28.9 Å². The number of fused-ring (bicyclic) bond motifs is 1. The Labute approximate surface area is 197 Å². The third-order valence-electron chi connectivity index (χ3n) is 5.83. The first kappa shape index (κ1) is 21.8. The molecule has 0 atom stereocenters. The number of piperazine rings is 1. The molecule has 0 spiro atoms. The standard InChI is InChI=1S/C24H26N8O2/c1-3-34-24(33)30-23-28-20-12-17(16-5-4-6-25-14-16)11-18(22(20)29-23)19-13-21(27-15-26-19)32-9-7-31(2)8-10-32/h4-6,11-15H,3,7-10H2,1-2H3,(H2,28,29,30,33). The van der Waals surface area contributed by atoms with E-state index in [2.05, 4.69) is 47.1 Å². The lowest BCUT2D eigenvalue weighted by atomic mass is 10.0. The number of rotatable bonds is 5. The van der Waals surface area contributed by atoms with Gasteiger partial charge in [0.15, 0.2) is 0 Å². The molecule has 0 aliphatic carbocycles. The van der Waals surface area contributed by atoms with E-state index in [0.29, 0.717) is 11.5 Å². The van der Waals surface area contributed by atoms with E-state index in [4.69, 9.17) is 4.74 Å². The van der Waals surface area contributed by atoms with E-state index in [0.717, 1.165) is 59.9 Å². The zero-order valence-corrected chi connectivity index (χ0v) is 19.2. The summed E-state index contributed by atoms with van der Waals surface area (Å²) in [5.41, 5.74) is 4.98. The highest BCUT2D eigenvalue weighted by Gasteiger charge is 2.19. The SMILES string of the molecule is CCOC(=O)Nc1nc2c(-c3cc(N4CCN(C)CC4)ncn3)cc(-c3cccnc3)cc2[nH]1. The summed E-state index contributed by atoms with van der Waals surface area (Å²) in [6.07, 6.45) is 4.59. The monoisotopic (exact) mass is 458 g/mol. The number of aromatic nitrogens is 5. The molecule has 174 valence electrons. The van der Waals surface area contributed by atoms with Crippen LogP contribution < -0.4 is 10.2 Å². The van der Waals surface area contributed by atoms with Crippen molar-refractivity contribution in [3.05, 3.63) is 49.1 Å². The summed E-state index contributed by atoms with van der Waals surface area (Å²) in [7, 11) is 2.13. The van der Waals surface area contributed by atoms with Crippen LogP contribution in [0.4, 0.5) is 16.6 Å². The van der Waals surface area contributed by atoms with Gasteiger partial charge in [-0.05, 0) is 37.7 Å². The van der Waals surface area contributed by atoms with Crippen molar-refractivity contribution in [2.45, 2.75) is 6.92 Å². The number of carbonyl (C=O) groups excluding carboxylic acids is 1. The Morgan fingerprint density at radius 3 is 2.76 bits per heavy atom. The van der Waals surface area contributed by atoms with E-state index >= 15 is 0 Å². The van der Waals surface area contributed by atoms with Gasteiger partial charge in [0.25, 0.3) is 0 Å². The van der Waals surface area contributed by atoms with E-state index < -0.39 is 6.09 Å². The lowest BCUT2D eigenvalue weighted by Gasteiger charge is -2.33. The topological polar surface area (TPSA) is 112 Å². The zero-order valence-electron chi connectivity index (χ0n) is 19.2. The Kier molecular flexibility index (Phi) is 6.05. The maximum Gasteiger partial charge on any atom is 0.413 e. The molecule has 5 rings (SSSR count). The van der Waals surface area contributed by atoms with Gasteiger partial charge in [-0.3, -0.25) is 10.3 Å². The van der Waals surface area contributed by atoms with Crippen molar-refractivity contribution in [3.63, 3.8) is 0 Å². The Balaban J connectivity index is 1.59. The van der Waals surface area contributed by atoms with Crippen LogP contribution in [0.3, 0.4) is 0 Å². The van der Waals surface area contributed by atoms with Gasteiger partial charge in [-0.15, -0.1) is 0 Å². The Morgan fingerprint density at radius 1 is 1.15 bits per heavy atom. The second kappa shape index (κ2) is 9.44. The van der Waals surface area contributed by atoms with Crippen LogP contribution in [0.25, 0.3) is 33.4 Å². The van der Waals surface area contributed by atoms with Crippen LogP contribution in [-0.4, -0.2) is 75.7 Å². The largest absolute Gasteiger partial charge is 0.450 e. The molecule has 4 aromatic rings. The fourth-order valence-corrected chi connectivity index (χ4v) is 4.04. The third kappa shape index (κ3) is 4.53. The van der Waals surface area contributed by atoms with Crippen molar-refractivity contribution in [1.82, 2.24) is 29.8 Å². The van der Waals surface area contributed by atoms with Crippen molar-refractivity contribution in [1.29, 1.82) is 0 Å². The quantitative estimate of drug-likeness (QED) is 0.468. The van der Waals surface area contributed by atoms with Crippen molar-refractivity contribution in [2.24, 2.45) is 0 Å². The molecule has 10 nitrogen and oxygen atoms in total. The first-order valence-electron chi connectivity index (χ1n) is 11.2. The summed E-state index contributed by atoms with van der Waals surface area (Å²) >= 11 is 0. The van der Waals surface area contributed by atoms with E-state index in [9.17, 15) is 4.79 Å². The smallest absolute Gasteiger partial charge is 0.413 e. The van der Waals surface area contributed by atoms with Gasteiger partial charge in [-0.1, -0.05) is 6.07 Å². The van der Waals surface area contributed by atoms with Crippen LogP contribution in [-0.2, 0) is 4.74 Å². The molecule has 34 heavy (non-hydrogen) atoms. The molecule has 3 aromatic heterocycles. The molecule has 1 aliphatic heterocycles. The fraction of sp³-hybridized carbons (Fsp3) is 0.292.